The summed E-state index contributed by atoms with van der Waals surface area (Å²) < 4.78 is 53.2. The average molecular weight is 463 g/mol. The molecule has 1 saturated carbocycles. The van der Waals surface area contributed by atoms with E-state index in [1.807, 2.05) is 0 Å². The van der Waals surface area contributed by atoms with Crippen LogP contribution in [0.4, 0.5) is 28.0 Å². The number of likely N-dealkylation sites (tertiary alicyclic amines) is 1. The summed E-state index contributed by atoms with van der Waals surface area (Å²) in [6.45, 7) is 1.36. The third-order valence-electron chi connectivity index (χ3n) is 6.24. The molecule has 2 aromatic carbocycles. The summed E-state index contributed by atoms with van der Waals surface area (Å²) in [6.07, 6.45) is -2.43. The van der Waals surface area contributed by atoms with Crippen LogP contribution in [0.1, 0.15) is 36.3 Å². The van der Waals surface area contributed by atoms with Gasteiger partial charge in [0.25, 0.3) is 0 Å². The van der Waals surface area contributed by atoms with Crippen molar-refractivity contribution >= 4 is 17.6 Å². The summed E-state index contributed by atoms with van der Waals surface area (Å²) in [5.74, 6) is -1.38. The van der Waals surface area contributed by atoms with Crippen molar-refractivity contribution in [2.45, 2.75) is 31.4 Å². The zero-order valence-electron chi connectivity index (χ0n) is 17.9. The summed E-state index contributed by atoms with van der Waals surface area (Å²) in [5, 5.41) is 5.31. The second-order valence-electron chi connectivity index (χ2n) is 8.67. The van der Waals surface area contributed by atoms with E-state index in [1.165, 1.54) is 30.3 Å². The normalized spacial score (nSPS) is 22.5. The number of carbonyl (C=O) groups excluding carboxylic acids is 2. The molecule has 9 heteroatoms. The number of halogens is 4. The van der Waals surface area contributed by atoms with Crippen molar-refractivity contribution in [3.05, 3.63) is 65.5 Å². The van der Waals surface area contributed by atoms with Gasteiger partial charge in [-0.2, -0.15) is 13.2 Å². The van der Waals surface area contributed by atoms with Gasteiger partial charge in [0.2, 0.25) is 5.91 Å². The van der Waals surface area contributed by atoms with Crippen molar-refractivity contribution in [1.82, 2.24) is 10.2 Å². The smallest absolute Gasteiger partial charge is 0.342 e. The predicted octanol–water partition coefficient (Wildman–Crippen LogP) is 5.01. The number of alkyl halides is 3. The first-order valence-corrected chi connectivity index (χ1v) is 11.0. The van der Waals surface area contributed by atoms with Gasteiger partial charge in [0, 0.05) is 31.2 Å². The molecule has 4 rings (SSSR count). The summed E-state index contributed by atoms with van der Waals surface area (Å²) >= 11 is 0. The van der Waals surface area contributed by atoms with Gasteiger partial charge in [-0.15, -0.1) is 0 Å². The van der Waals surface area contributed by atoms with Gasteiger partial charge in [-0.1, -0.05) is 24.3 Å². The number of urea groups is 1. The van der Waals surface area contributed by atoms with Crippen LogP contribution in [-0.4, -0.2) is 36.5 Å². The maximum atomic E-state index is 13.3. The molecular weight excluding hydrogens is 438 g/mol. The number of hydrogen-bond donors (Lipinski definition) is 2. The fraction of sp³-hybridized carbons (Fsp3) is 0.417. The number of hydrogen-bond acceptors (Lipinski definition) is 2. The Morgan fingerprint density at radius 2 is 1.88 bits per heavy atom. The number of piperidine rings is 1. The lowest BCUT2D eigenvalue weighted by Crippen LogP contribution is -2.45. The monoisotopic (exact) mass is 463 g/mol. The Kier molecular flexibility index (Phi) is 6.58. The molecule has 0 bridgehead atoms. The Labute approximate surface area is 189 Å². The number of rotatable bonds is 5. The van der Waals surface area contributed by atoms with Crippen LogP contribution in [0.25, 0.3) is 0 Å². The van der Waals surface area contributed by atoms with E-state index in [-0.39, 0.29) is 17.4 Å². The number of nitrogens with zero attached hydrogens (tertiary/aromatic N) is 1. The first-order chi connectivity index (χ1) is 15.7. The minimum atomic E-state index is -4.44. The van der Waals surface area contributed by atoms with Crippen LogP contribution in [0.15, 0.2) is 48.5 Å². The van der Waals surface area contributed by atoms with Gasteiger partial charge in [0.15, 0.2) is 0 Å². The molecule has 3 amide bonds. The third kappa shape index (κ3) is 5.64. The summed E-state index contributed by atoms with van der Waals surface area (Å²) in [5.41, 5.74) is -0.144. The van der Waals surface area contributed by atoms with E-state index in [0.29, 0.717) is 31.7 Å². The molecule has 0 radical (unpaired) electrons. The highest BCUT2D eigenvalue weighted by molar-refractivity contribution is 5.89. The van der Waals surface area contributed by atoms with Crippen LogP contribution in [0, 0.1) is 17.7 Å². The molecule has 1 aliphatic heterocycles. The molecule has 2 aliphatic rings. The Bertz CT molecular complexity index is 1030. The highest BCUT2D eigenvalue weighted by Crippen LogP contribution is 2.52. The zero-order chi connectivity index (χ0) is 23.6. The van der Waals surface area contributed by atoms with Gasteiger partial charge < -0.3 is 15.5 Å². The zero-order valence-corrected chi connectivity index (χ0v) is 17.9. The number of carbonyl (C=O) groups is 2. The highest BCUT2D eigenvalue weighted by Gasteiger charge is 2.49. The molecule has 2 aromatic rings. The third-order valence-corrected chi connectivity index (χ3v) is 6.24. The van der Waals surface area contributed by atoms with Crippen molar-refractivity contribution in [2.75, 3.05) is 25.0 Å². The van der Waals surface area contributed by atoms with E-state index < -0.39 is 35.4 Å². The molecule has 2 fully saturated rings. The quantitative estimate of drug-likeness (QED) is 0.613. The van der Waals surface area contributed by atoms with Crippen molar-refractivity contribution in [3.63, 3.8) is 0 Å². The molecule has 1 aliphatic carbocycles. The molecule has 5 nitrogen and oxygen atoms in total. The van der Waals surface area contributed by atoms with Crippen LogP contribution in [0.5, 0.6) is 0 Å². The van der Waals surface area contributed by atoms with Gasteiger partial charge in [0.1, 0.15) is 5.82 Å². The van der Waals surface area contributed by atoms with E-state index in [4.69, 9.17) is 0 Å². The average Bonchev–Trinajstić information content (AvgIpc) is 3.58. The van der Waals surface area contributed by atoms with Crippen molar-refractivity contribution in [3.8, 4) is 0 Å². The lowest BCUT2D eigenvalue weighted by molar-refractivity contribution is -0.139. The maximum Gasteiger partial charge on any atom is 0.416 e. The first kappa shape index (κ1) is 23.1. The SMILES string of the molecule is O=C(NCC1CCCN(C(=O)C2CC2c2ccccc2C(F)(F)F)C1)Nc1cccc(F)c1. The number of nitrogens with one attached hydrogen (secondary N) is 2. The van der Waals surface area contributed by atoms with Crippen LogP contribution >= 0.6 is 0 Å². The first-order valence-electron chi connectivity index (χ1n) is 11.0. The Morgan fingerprint density at radius 1 is 1.09 bits per heavy atom. The molecular formula is C24H25F4N3O2. The molecule has 176 valence electrons. The molecule has 2 N–H and O–H groups in total. The largest absolute Gasteiger partial charge is 0.416 e. The van der Waals surface area contributed by atoms with Gasteiger partial charge in [0.05, 0.1) is 5.56 Å². The molecule has 0 aromatic heterocycles. The van der Waals surface area contributed by atoms with Crippen molar-refractivity contribution < 1.29 is 27.2 Å². The summed E-state index contributed by atoms with van der Waals surface area (Å²) in [4.78, 5) is 26.8. The Morgan fingerprint density at radius 3 is 2.64 bits per heavy atom. The van der Waals surface area contributed by atoms with Gasteiger partial charge in [-0.3, -0.25) is 4.79 Å². The standard InChI is InChI=1S/C24H25F4N3O2/c25-16-6-3-7-17(11-16)30-23(33)29-13-15-5-4-10-31(14-15)22(32)20-12-19(20)18-8-1-2-9-21(18)24(26,27)28/h1-3,6-9,11,15,19-20H,4-5,10,12-14H2,(H2,29,30,33). The number of anilines is 1. The predicted molar refractivity (Wildman–Crippen MR) is 115 cm³/mol. The van der Waals surface area contributed by atoms with E-state index in [1.54, 1.807) is 17.0 Å². The lowest BCUT2D eigenvalue weighted by Gasteiger charge is -2.33. The Balaban J connectivity index is 1.29. The van der Waals surface area contributed by atoms with E-state index in [2.05, 4.69) is 10.6 Å². The Hall–Kier alpha value is -3.10. The topological polar surface area (TPSA) is 61.4 Å². The number of amides is 3. The van der Waals surface area contributed by atoms with Crippen LogP contribution in [0.3, 0.4) is 0 Å². The van der Waals surface area contributed by atoms with Crippen molar-refractivity contribution in [1.29, 1.82) is 0 Å². The fourth-order valence-corrected chi connectivity index (χ4v) is 4.54. The van der Waals surface area contributed by atoms with Gasteiger partial charge in [-0.05, 0) is 60.9 Å². The minimum Gasteiger partial charge on any atom is -0.342 e. The molecule has 33 heavy (non-hydrogen) atoms. The lowest BCUT2D eigenvalue weighted by atomic mass is 9.97. The highest BCUT2D eigenvalue weighted by atomic mass is 19.4. The molecule has 3 unspecified atom stereocenters. The molecule has 1 heterocycles. The number of benzene rings is 2. The maximum absolute atomic E-state index is 13.3. The van der Waals surface area contributed by atoms with Crippen molar-refractivity contribution in [2.24, 2.45) is 11.8 Å². The minimum absolute atomic E-state index is 0.0422. The molecule has 0 spiro atoms. The van der Waals surface area contributed by atoms with Gasteiger partial charge >= 0.3 is 12.2 Å². The van der Waals surface area contributed by atoms with Crippen LogP contribution in [-0.2, 0) is 11.0 Å². The summed E-state index contributed by atoms with van der Waals surface area (Å²) in [6, 6.07) is 10.6. The van der Waals surface area contributed by atoms with Crippen LogP contribution in [0.2, 0.25) is 0 Å². The second kappa shape index (κ2) is 9.41. The summed E-state index contributed by atoms with van der Waals surface area (Å²) in [7, 11) is 0. The second-order valence-corrected chi connectivity index (χ2v) is 8.67. The van der Waals surface area contributed by atoms with E-state index >= 15 is 0 Å². The molecule has 1 saturated heterocycles. The van der Waals surface area contributed by atoms with Gasteiger partial charge in [-0.25, -0.2) is 9.18 Å². The molecule has 3 atom stereocenters. The van der Waals surface area contributed by atoms with E-state index in [9.17, 15) is 27.2 Å². The fourth-order valence-electron chi connectivity index (χ4n) is 4.54. The van der Waals surface area contributed by atoms with Crippen LogP contribution < -0.4 is 10.6 Å². The van der Waals surface area contributed by atoms with E-state index in [0.717, 1.165) is 18.9 Å².